The van der Waals surface area contributed by atoms with E-state index in [0.29, 0.717) is 16.1 Å². The van der Waals surface area contributed by atoms with Crippen molar-refractivity contribution >= 4 is 48.1 Å². The van der Waals surface area contributed by atoms with Gasteiger partial charge in [0.25, 0.3) is 10.0 Å². The first kappa shape index (κ1) is 20.4. The third-order valence-electron chi connectivity index (χ3n) is 4.47. The number of benzene rings is 3. The second-order valence-corrected chi connectivity index (χ2v) is 10.7. The summed E-state index contributed by atoms with van der Waals surface area (Å²) in [7, 11) is -7.87. The van der Waals surface area contributed by atoms with E-state index in [9.17, 15) is 16.8 Å². The zero-order valence-corrected chi connectivity index (χ0v) is 18.0. The molecule has 0 atom stereocenters. The number of nitrogens with zero attached hydrogens (tertiary/aromatic N) is 1. The number of fused-ring (bicyclic) bond motifs is 1. The van der Waals surface area contributed by atoms with Crippen LogP contribution in [0.3, 0.4) is 0 Å². The smallest absolute Gasteiger partial charge is 0.263 e. The molecule has 0 unspecified atom stereocenters. The van der Waals surface area contributed by atoms with Gasteiger partial charge in [-0.3, -0.25) is 9.82 Å². The Morgan fingerprint density at radius 2 is 1.57 bits per heavy atom. The molecule has 0 fully saturated rings. The Hall–Kier alpha value is -2.88. The Morgan fingerprint density at radius 1 is 0.900 bits per heavy atom. The van der Waals surface area contributed by atoms with Gasteiger partial charge in [0.05, 0.1) is 16.1 Å². The minimum atomic E-state index is -4.14. The number of hydrogen-bond acceptors (Lipinski definition) is 5. The van der Waals surface area contributed by atoms with Crippen LogP contribution in [-0.2, 0) is 19.9 Å². The largest absolute Gasteiger partial charge is 0.280 e. The summed E-state index contributed by atoms with van der Waals surface area (Å²) in [6, 6.07) is 17.5. The molecule has 154 valence electrons. The molecule has 30 heavy (non-hydrogen) atoms. The van der Waals surface area contributed by atoms with Gasteiger partial charge in [-0.25, -0.2) is 16.8 Å². The second-order valence-electron chi connectivity index (χ2n) is 6.66. The summed E-state index contributed by atoms with van der Waals surface area (Å²) >= 11 is 5.94. The van der Waals surface area contributed by atoms with Gasteiger partial charge >= 0.3 is 0 Å². The highest BCUT2D eigenvalue weighted by molar-refractivity contribution is 7.95. The fourth-order valence-corrected chi connectivity index (χ4v) is 5.90. The summed E-state index contributed by atoms with van der Waals surface area (Å²) in [5.74, 6) is 0. The van der Waals surface area contributed by atoms with Crippen LogP contribution in [-0.4, -0.2) is 33.3 Å². The Kier molecular flexibility index (Phi) is 5.05. The SMILES string of the molecule is CS(=O)(=O)c1ccccc1S(=O)(=O)Nc1ccc2[nH]nc(-c3ccc(Cl)cc3)c2c1. The fourth-order valence-electron chi connectivity index (χ4n) is 3.09. The third-order valence-corrected chi connectivity index (χ3v) is 7.45. The van der Waals surface area contributed by atoms with Crippen molar-refractivity contribution < 1.29 is 16.8 Å². The molecule has 2 N–H and O–H groups in total. The standard InChI is InChI=1S/C20H16ClN3O4S2/c1-29(25,26)18-4-2-3-5-19(18)30(27,28)24-15-10-11-17-16(12-15)20(23-22-17)13-6-8-14(21)9-7-13/h2-12,24H,1H3,(H,22,23). The van der Waals surface area contributed by atoms with Crippen LogP contribution >= 0.6 is 11.6 Å². The average Bonchev–Trinajstić information content (AvgIpc) is 3.11. The number of halogens is 1. The first-order valence-corrected chi connectivity index (χ1v) is 12.5. The summed E-state index contributed by atoms with van der Waals surface area (Å²) in [5, 5.41) is 8.52. The highest BCUT2D eigenvalue weighted by atomic mass is 35.5. The molecule has 4 rings (SSSR count). The summed E-state index contributed by atoms with van der Waals surface area (Å²) in [5.41, 5.74) is 2.45. The Labute approximate surface area is 178 Å². The number of H-pyrrole nitrogens is 1. The second kappa shape index (κ2) is 7.42. The normalized spacial score (nSPS) is 12.2. The molecule has 0 amide bonds. The monoisotopic (exact) mass is 461 g/mol. The number of anilines is 1. The molecule has 1 aromatic heterocycles. The van der Waals surface area contributed by atoms with Crippen LogP contribution < -0.4 is 4.72 Å². The molecule has 0 spiro atoms. The number of aromatic amines is 1. The highest BCUT2D eigenvalue weighted by Crippen LogP contribution is 2.30. The van der Waals surface area contributed by atoms with Gasteiger partial charge in [0.15, 0.2) is 9.84 Å². The molecule has 0 aliphatic carbocycles. The molecule has 10 heteroatoms. The van der Waals surface area contributed by atoms with Crippen molar-refractivity contribution in [3.8, 4) is 11.3 Å². The topological polar surface area (TPSA) is 109 Å². The minimum Gasteiger partial charge on any atom is -0.280 e. The maximum absolute atomic E-state index is 12.9. The lowest BCUT2D eigenvalue weighted by Gasteiger charge is -2.11. The molecular formula is C20H16ClN3O4S2. The van der Waals surface area contributed by atoms with Gasteiger partial charge in [0, 0.05) is 27.9 Å². The van der Waals surface area contributed by atoms with Crippen molar-refractivity contribution in [2.45, 2.75) is 9.79 Å². The van der Waals surface area contributed by atoms with Crippen LogP contribution in [0.2, 0.25) is 5.02 Å². The molecule has 0 aliphatic rings. The quantitative estimate of drug-likeness (QED) is 0.465. The van der Waals surface area contributed by atoms with Gasteiger partial charge in [0.2, 0.25) is 0 Å². The van der Waals surface area contributed by atoms with Crippen LogP contribution in [0.4, 0.5) is 5.69 Å². The van der Waals surface area contributed by atoms with Gasteiger partial charge in [-0.15, -0.1) is 0 Å². The van der Waals surface area contributed by atoms with E-state index in [-0.39, 0.29) is 15.5 Å². The Morgan fingerprint density at radius 3 is 2.23 bits per heavy atom. The molecule has 1 heterocycles. The first-order chi connectivity index (χ1) is 14.1. The van der Waals surface area contributed by atoms with E-state index in [1.165, 1.54) is 24.3 Å². The molecular weight excluding hydrogens is 446 g/mol. The van der Waals surface area contributed by atoms with Gasteiger partial charge < -0.3 is 0 Å². The molecule has 0 radical (unpaired) electrons. The van der Waals surface area contributed by atoms with Crippen molar-refractivity contribution in [3.63, 3.8) is 0 Å². The molecule has 0 bridgehead atoms. The molecule has 0 saturated carbocycles. The van der Waals surface area contributed by atoms with Gasteiger partial charge in [-0.05, 0) is 42.5 Å². The first-order valence-electron chi connectivity index (χ1n) is 8.71. The summed E-state index contributed by atoms with van der Waals surface area (Å²) in [6.45, 7) is 0. The number of hydrogen-bond donors (Lipinski definition) is 2. The van der Waals surface area contributed by atoms with Gasteiger partial charge in [0.1, 0.15) is 4.90 Å². The van der Waals surface area contributed by atoms with Crippen molar-refractivity contribution in [2.75, 3.05) is 11.0 Å². The summed E-state index contributed by atoms with van der Waals surface area (Å²) in [4.78, 5) is -0.568. The van der Waals surface area contributed by atoms with Crippen LogP contribution in [0.5, 0.6) is 0 Å². The average molecular weight is 462 g/mol. The van der Waals surface area contributed by atoms with E-state index in [4.69, 9.17) is 11.6 Å². The molecule has 4 aromatic rings. The number of sulfonamides is 1. The minimum absolute atomic E-state index is 0.260. The maximum atomic E-state index is 12.9. The third kappa shape index (κ3) is 3.91. The number of nitrogens with one attached hydrogen (secondary N) is 2. The number of sulfone groups is 1. The lowest BCUT2D eigenvalue weighted by Crippen LogP contribution is -2.16. The van der Waals surface area contributed by atoms with E-state index in [2.05, 4.69) is 14.9 Å². The number of rotatable bonds is 5. The Bertz CT molecular complexity index is 1460. The highest BCUT2D eigenvalue weighted by Gasteiger charge is 2.24. The zero-order valence-electron chi connectivity index (χ0n) is 15.6. The maximum Gasteiger partial charge on any atom is 0.263 e. The number of aromatic nitrogens is 2. The fraction of sp³-hybridized carbons (Fsp3) is 0.0500. The summed E-state index contributed by atoms with van der Waals surface area (Å²) < 4.78 is 52.3. The summed E-state index contributed by atoms with van der Waals surface area (Å²) in [6.07, 6.45) is 0.970. The van der Waals surface area contributed by atoms with Gasteiger partial charge in [-0.1, -0.05) is 35.9 Å². The molecule has 3 aromatic carbocycles. The van der Waals surface area contributed by atoms with Crippen molar-refractivity contribution in [2.24, 2.45) is 0 Å². The molecule has 0 saturated heterocycles. The van der Waals surface area contributed by atoms with Gasteiger partial charge in [-0.2, -0.15) is 5.10 Å². The Balaban J connectivity index is 1.76. The van der Waals surface area contributed by atoms with E-state index < -0.39 is 19.9 Å². The van der Waals surface area contributed by atoms with Crippen LogP contribution in [0.25, 0.3) is 22.2 Å². The van der Waals surface area contributed by atoms with Crippen LogP contribution in [0.1, 0.15) is 0 Å². The lowest BCUT2D eigenvalue weighted by molar-refractivity contribution is 0.588. The van der Waals surface area contributed by atoms with E-state index in [1.807, 2.05) is 12.1 Å². The lowest BCUT2D eigenvalue weighted by atomic mass is 10.1. The predicted molar refractivity (Wildman–Crippen MR) is 117 cm³/mol. The van der Waals surface area contributed by atoms with E-state index in [0.717, 1.165) is 17.3 Å². The molecule has 0 aliphatic heterocycles. The van der Waals surface area contributed by atoms with E-state index >= 15 is 0 Å². The van der Waals surface area contributed by atoms with Crippen LogP contribution in [0.15, 0.2) is 76.5 Å². The van der Waals surface area contributed by atoms with E-state index in [1.54, 1.807) is 30.3 Å². The van der Waals surface area contributed by atoms with Crippen molar-refractivity contribution in [1.82, 2.24) is 10.2 Å². The predicted octanol–water partition coefficient (Wildman–Crippen LogP) is 4.09. The van der Waals surface area contributed by atoms with Crippen molar-refractivity contribution in [1.29, 1.82) is 0 Å². The molecule has 7 nitrogen and oxygen atoms in total. The zero-order chi connectivity index (χ0) is 21.5. The van der Waals surface area contributed by atoms with Crippen LogP contribution in [0, 0.1) is 0 Å². The van der Waals surface area contributed by atoms with Crippen molar-refractivity contribution in [3.05, 3.63) is 71.8 Å².